The van der Waals surface area contributed by atoms with Crippen molar-refractivity contribution in [2.45, 2.75) is 31.3 Å². The Kier molecular flexibility index (Phi) is 3.71. The highest BCUT2D eigenvalue weighted by atomic mass is 16.1. The van der Waals surface area contributed by atoms with Crippen molar-refractivity contribution in [3.8, 4) is 0 Å². The van der Waals surface area contributed by atoms with Crippen LogP contribution in [0, 0.1) is 0 Å². The molecule has 2 aliphatic rings. The molecule has 9 nitrogen and oxygen atoms in total. The largest absolute Gasteiger partial charge is 0.352 e. The van der Waals surface area contributed by atoms with Crippen LogP contribution in [0.2, 0.25) is 0 Å². The molecule has 1 aliphatic carbocycles. The fourth-order valence-electron chi connectivity index (χ4n) is 3.49. The second-order valence-corrected chi connectivity index (χ2v) is 7.59. The highest BCUT2D eigenvalue weighted by Crippen LogP contribution is 2.38. The first-order valence-electron chi connectivity index (χ1n) is 9.28. The van der Waals surface area contributed by atoms with Crippen LogP contribution in [0.15, 0.2) is 29.2 Å². The minimum absolute atomic E-state index is 0.0750. The van der Waals surface area contributed by atoms with E-state index in [1.165, 1.54) is 17.5 Å². The molecule has 4 heterocycles. The summed E-state index contributed by atoms with van der Waals surface area (Å²) in [5, 5.41) is 17.4. The van der Waals surface area contributed by atoms with Gasteiger partial charge in [-0.2, -0.15) is 9.61 Å². The van der Waals surface area contributed by atoms with Crippen LogP contribution < -0.4 is 10.5 Å². The van der Waals surface area contributed by atoms with Gasteiger partial charge in [-0.15, -0.1) is 15.3 Å². The Morgan fingerprint density at radius 3 is 2.78 bits per heavy atom. The molecule has 0 bridgehead atoms. The van der Waals surface area contributed by atoms with Gasteiger partial charge in [0.2, 0.25) is 0 Å². The van der Waals surface area contributed by atoms with E-state index >= 15 is 0 Å². The van der Waals surface area contributed by atoms with Crippen LogP contribution in [-0.4, -0.2) is 60.7 Å². The number of anilines is 1. The third-order valence-electron chi connectivity index (χ3n) is 5.48. The summed E-state index contributed by atoms with van der Waals surface area (Å²) in [6, 6.07) is 6.09. The molecular weight excluding hydrogens is 344 g/mol. The monoisotopic (exact) mass is 366 g/mol. The molecule has 9 heteroatoms. The van der Waals surface area contributed by atoms with Gasteiger partial charge >= 0.3 is 0 Å². The molecule has 1 saturated heterocycles. The number of nitrogens with zero attached hydrogens (tertiary/aromatic N) is 8. The van der Waals surface area contributed by atoms with Crippen LogP contribution in [0.25, 0.3) is 5.65 Å². The number of fused-ring (bicyclic) bond motifs is 1. The van der Waals surface area contributed by atoms with E-state index in [2.05, 4.69) is 32.1 Å². The van der Waals surface area contributed by atoms with Crippen LogP contribution in [0.1, 0.15) is 30.1 Å². The maximum absolute atomic E-state index is 11.7. The maximum atomic E-state index is 11.7. The Labute approximate surface area is 156 Å². The second kappa shape index (κ2) is 6.12. The Hall–Kier alpha value is -2.81. The molecule has 0 spiro atoms. The highest BCUT2D eigenvalue weighted by Gasteiger charge is 2.33. The molecule has 0 aromatic carbocycles. The zero-order valence-electron chi connectivity index (χ0n) is 15.5. The summed E-state index contributed by atoms with van der Waals surface area (Å²) in [6.07, 6.45) is 4.12. The minimum atomic E-state index is -0.0750. The zero-order chi connectivity index (χ0) is 18.5. The lowest BCUT2D eigenvalue weighted by Gasteiger charge is -2.44. The Morgan fingerprint density at radius 1 is 1.22 bits per heavy atom. The molecule has 3 aromatic rings. The molecule has 0 atom stereocenters. The van der Waals surface area contributed by atoms with E-state index in [1.807, 2.05) is 16.6 Å². The lowest BCUT2D eigenvalue weighted by Crippen LogP contribution is -2.58. The van der Waals surface area contributed by atoms with E-state index in [-0.39, 0.29) is 5.56 Å². The molecule has 3 aromatic heterocycles. The molecule has 140 valence electrons. The van der Waals surface area contributed by atoms with E-state index in [1.54, 1.807) is 19.3 Å². The lowest BCUT2D eigenvalue weighted by atomic mass is 10.1. The Balaban J connectivity index is 1.26. The number of aromatic nitrogens is 6. The molecule has 0 amide bonds. The topological polar surface area (TPSA) is 84.5 Å². The smallest absolute Gasteiger partial charge is 0.266 e. The molecule has 1 saturated carbocycles. The van der Waals surface area contributed by atoms with E-state index in [4.69, 9.17) is 5.10 Å². The van der Waals surface area contributed by atoms with E-state index in [0.717, 1.165) is 35.9 Å². The first-order valence-corrected chi connectivity index (χ1v) is 9.28. The summed E-state index contributed by atoms with van der Waals surface area (Å²) < 4.78 is 3.24. The highest BCUT2D eigenvalue weighted by molar-refractivity contribution is 5.48. The van der Waals surface area contributed by atoms with Crippen molar-refractivity contribution in [3.63, 3.8) is 0 Å². The van der Waals surface area contributed by atoms with Crippen LogP contribution >= 0.6 is 0 Å². The second-order valence-electron chi connectivity index (χ2n) is 7.59. The molecule has 5 rings (SSSR count). The number of rotatable bonds is 5. The van der Waals surface area contributed by atoms with Crippen LogP contribution in [0.4, 0.5) is 5.82 Å². The average molecular weight is 366 g/mol. The number of hydrogen-bond donors (Lipinski definition) is 0. The molecule has 0 unspecified atom stereocenters. The van der Waals surface area contributed by atoms with Gasteiger partial charge in [-0.25, -0.2) is 4.68 Å². The zero-order valence-corrected chi connectivity index (χ0v) is 15.5. The van der Waals surface area contributed by atoms with Crippen molar-refractivity contribution >= 4 is 11.5 Å². The van der Waals surface area contributed by atoms with Gasteiger partial charge in [0.25, 0.3) is 5.56 Å². The Bertz CT molecular complexity index is 1050. The number of aryl methyl sites for hydroxylation is 1. The molecular formula is C18H22N8O. The summed E-state index contributed by atoms with van der Waals surface area (Å²) in [7, 11) is 3.75. The van der Waals surface area contributed by atoms with Gasteiger partial charge in [-0.1, -0.05) is 0 Å². The predicted molar refractivity (Wildman–Crippen MR) is 99.7 cm³/mol. The van der Waals surface area contributed by atoms with Crippen molar-refractivity contribution in [3.05, 3.63) is 46.1 Å². The minimum Gasteiger partial charge on any atom is -0.352 e. The third kappa shape index (κ3) is 2.97. The fraction of sp³-hybridized carbons (Fsp3) is 0.500. The maximum Gasteiger partial charge on any atom is 0.266 e. The standard InChI is InChI=1S/C18H22N8O/c1-23(9-12-7-17(27)24(2)19-8-12)14-10-25(11-14)16-6-5-15-20-21-18(13-3-4-13)26(15)22-16/h5-8,13-14H,3-4,9-11H2,1-2H3. The summed E-state index contributed by atoms with van der Waals surface area (Å²) in [4.78, 5) is 16.3. The van der Waals surface area contributed by atoms with Gasteiger partial charge < -0.3 is 4.90 Å². The molecule has 0 N–H and O–H groups in total. The fourth-order valence-corrected chi connectivity index (χ4v) is 3.49. The number of hydrogen-bond acceptors (Lipinski definition) is 7. The van der Waals surface area contributed by atoms with Gasteiger partial charge in [0.1, 0.15) is 5.82 Å². The first-order chi connectivity index (χ1) is 13.1. The summed E-state index contributed by atoms with van der Waals surface area (Å²) >= 11 is 0. The molecule has 2 fully saturated rings. The van der Waals surface area contributed by atoms with Crippen molar-refractivity contribution in [2.24, 2.45) is 7.05 Å². The van der Waals surface area contributed by atoms with Gasteiger partial charge in [0, 0.05) is 44.7 Å². The van der Waals surface area contributed by atoms with E-state index in [0.29, 0.717) is 18.5 Å². The summed E-state index contributed by atoms with van der Waals surface area (Å²) in [5.74, 6) is 2.47. The van der Waals surface area contributed by atoms with Gasteiger partial charge in [0.05, 0.1) is 6.20 Å². The van der Waals surface area contributed by atoms with Crippen molar-refractivity contribution in [1.29, 1.82) is 0 Å². The van der Waals surface area contributed by atoms with E-state index < -0.39 is 0 Å². The molecule has 0 radical (unpaired) electrons. The van der Waals surface area contributed by atoms with Crippen LogP contribution in [-0.2, 0) is 13.6 Å². The van der Waals surface area contributed by atoms with Crippen LogP contribution in [0.5, 0.6) is 0 Å². The normalized spacial score (nSPS) is 17.7. The lowest BCUT2D eigenvalue weighted by molar-refractivity contribution is 0.196. The Morgan fingerprint density at radius 2 is 2.04 bits per heavy atom. The predicted octanol–water partition coefficient (Wildman–Crippen LogP) is 0.416. The number of likely N-dealkylation sites (N-methyl/N-ethyl adjacent to an activating group) is 1. The average Bonchev–Trinajstić information content (AvgIpc) is 3.36. The van der Waals surface area contributed by atoms with Crippen molar-refractivity contribution < 1.29 is 0 Å². The van der Waals surface area contributed by atoms with E-state index in [9.17, 15) is 4.79 Å². The van der Waals surface area contributed by atoms with Crippen molar-refractivity contribution in [2.75, 3.05) is 25.0 Å². The quantitative estimate of drug-likeness (QED) is 0.647. The first kappa shape index (κ1) is 16.4. The summed E-state index contributed by atoms with van der Waals surface area (Å²) in [6.45, 7) is 2.54. The molecule has 1 aliphatic heterocycles. The SMILES string of the molecule is CN(Cc1cnn(C)c(=O)c1)C1CN(c2ccc3nnc(C4CC4)n3n2)C1. The van der Waals surface area contributed by atoms with Gasteiger partial charge in [0.15, 0.2) is 11.5 Å². The van der Waals surface area contributed by atoms with Crippen molar-refractivity contribution in [1.82, 2.24) is 34.5 Å². The third-order valence-corrected chi connectivity index (χ3v) is 5.48. The van der Waals surface area contributed by atoms with Crippen LogP contribution in [0.3, 0.4) is 0 Å². The summed E-state index contributed by atoms with van der Waals surface area (Å²) in [5.41, 5.74) is 1.68. The van der Waals surface area contributed by atoms with Gasteiger partial charge in [-0.3, -0.25) is 9.69 Å². The van der Waals surface area contributed by atoms with Gasteiger partial charge in [-0.05, 0) is 37.6 Å². The molecule has 27 heavy (non-hydrogen) atoms.